The second-order valence-electron chi connectivity index (χ2n) is 5.04. The lowest BCUT2D eigenvalue weighted by molar-refractivity contribution is 0.0215. The molecule has 17 heavy (non-hydrogen) atoms. The van der Waals surface area contributed by atoms with Crippen LogP contribution in [0.1, 0.15) is 38.5 Å². The summed E-state index contributed by atoms with van der Waals surface area (Å²) in [6, 6.07) is 1.32. The normalized spacial score (nSPS) is 34.5. The fourth-order valence-corrected chi connectivity index (χ4v) is 3.50. The molecule has 1 saturated heterocycles. The molecule has 4 nitrogen and oxygen atoms in total. The summed E-state index contributed by atoms with van der Waals surface area (Å²) >= 11 is 1.62. The summed E-state index contributed by atoms with van der Waals surface area (Å²) < 4.78 is 15.8. The number of rotatable bonds is 1. The van der Waals surface area contributed by atoms with Gasteiger partial charge in [-0.3, -0.25) is 0 Å². The Morgan fingerprint density at radius 1 is 1.18 bits per heavy atom. The SMILES string of the molecule is C1CCC(NC2=NSC3COCCC3O2)CC1. The molecule has 0 aromatic heterocycles. The largest absolute Gasteiger partial charge is 0.460 e. The van der Waals surface area contributed by atoms with Crippen LogP contribution in [0, 0.1) is 0 Å². The zero-order valence-electron chi connectivity index (χ0n) is 10.1. The van der Waals surface area contributed by atoms with Gasteiger partial charge >= 0.3 is 0 Å². The number of nitrogens with zero attached hydrogens (tertiary/aromatic N) is 1. The van der Waals surface area contributed by atoms with Crippen molar-refractivity contribution in [2.75, 3.05) is 13.2 Å². The maximum absolute atomic E-state index is 5.93. The Bertz CT molecular complexity index is 292. The molecule has 0 aromatic rings. The molecule has 3 rings (SSSR count). The first-order chi connectivity index (χ1) is 8.42. The van der Waals surface area contributed by atoms with Gasteiger partial charge in [0.15, 0.2) is 0 Å². The predicted octanol–water partition coefficient (Wildman–Crippen LogP) is 2.10. The first-order valence-corrected chi connectivity index (χ1v) is 7.50. The van der Waals surface area contributed by atoms with Crippen molar-refractivity contribution in [3.63, 3.8) is 0 Å². The average molecular weight is 256 g/mol. The van der Waals surface area contributed by atoms with Crippen molar-refractivity contribution in [2.24, 2.45) is 4.40 Å². The molecule has 1 saturated carbocycles. The van der Waals surface area contributed by atoms with Crippen LogP contribution < -0.4 is 5.32 Å². The molecule has 2 heterocycles. The van der Waals surface area contributed by atoms with Crippen LogP contribution in [0.4, 0.5) is 0 Å². The summed E-state index contributed by atoms with van der Waals surface area (Å²) in [5, 5.41) is 3.85. The maximum Gasteiger partial charge on any atom is 0.296 e. The van der Waals surface area contributed by atoms with Gasteiger partial charge in [0.1, 0.15) is 6.10 Å². The van der Waals surface area contributed by atoms with Crippen LogP contribution in [0.3, 0.4) is 0 Å². The Kier molecular flexibility index (Phi) is 3.76. The summed E-state index contributed by atoms with van der Waals surface area (Å²) in [4.78, 5) is 0. The van der Waals surface area contributed by atoms with Gasteiger partial charge < -0.3 is 14.8 Å². The van der Waals surface area contributed by atoms with E-state index in [1.54, 1.807) is 11.9 Å². The van der Waals surface area contributed by atoms with E-state index in [1.807, 2.05) is 0 Å². The lowest BCUT2D eigenvalue weighted by atomic mass is 9.96. The van der Waals surface area contributed by atoms with Gasteiger partial charge in [-0.1, -0.05) is 19.3 Å². The van der Waals surface area contributed by atoms with E-state index < -0.39 is 0 Å². The molecular weight excluding hydrogens is 236 g/mol. The summed E-state index contributed by atoms with van der Waals surface area (Å²) in [5.74, 6) is 0. The Balaban J connectivity index is 1.54. The molecule has 2 atom stereocenters. The van der Waals surface area contributed by atoms with E-state index in [0.717, 1.165) is 25.7 Å². The molecule has 1 aliphatic carbocycles. The van der Waals surface area contributed by atoms with Crippen molar-refractivity contribution in [3.05, 3.63) is 0 Å². The van der Waals surface area contributed by atoms with Gasteiger partial charge in [0.05, 0.1) is 18.5 Å². The Labute approximate surface area is 107 Å². The summed E-state index contributed by atoms with van der Waals surface area (Å²) in [5.41, 5.74) is 0. The minimum atomic E-state index is 0.289. The first-order valence-electron chi connectivity index (χ1n) is 6.66. The van der Waals surface area contributed by atoms with Gasteiger partial charge in [-0.05, 0) is 24.8 Å². The van der Waals surface area contributed by atoms with E-state index >= 15 is 0 Å². The Morgan fingerprint density at radius 2 is 2.06 bits per heavy atom. The molecule has 3 aliphatic rings. The topological polar surface area (TPSA) is 42.9 Å². The number of ether oxygens (including phenoxy) is 2. The number of hydrogen-bond acceptors (Lipinski definition) is 5. The number of amidine groups is 1. The van der Waals surface area contributed by atoms with E-state index in [4.69, 9.17) is 9.47 Å². The molecular formula is C12H20N2O2S. The zero-order valence-corrected chi connectivity index (χ0v) is 10.9. The van der Waals surface area contributed by atoms with Gasteiger partial charge in [-0.15, -0.1) is 0 Å². The monoisotopic (exact) mass is 256 g/mol. The van der Waals surface area contributed by atoms with Crippen LogP contribution in [-0.2, 0) is 9.47 Å². The molecule has 0 amide bonds. The van der Waals surface area contributed by atoms with Crippen LogP contribution in [0.25, 0.3) is 0 Å². The van der Waals surface area contributed by atoms with Crippen molar-refractivity contribution in [1.82, 2.24) is 5.32 Å². The third kappa shape index (κ3) is 2.88. The van der Waals surface area contributed by atoms with E-state index in [1.165, 1.54) is 32.1 Å². The molecule has 0 bridgehead atoms. The molecule has 2 fully saturated rings. The van der Waals surface area contributed by atoms with Crippen molar-refractivity contribution in [1.29, 1.82) is 0 Å². The lowest BCUT2D eigenvalue weighted by Crippen LogP contribution is -2.46. The molecule has 2 aliphatic heterocycles. The highest BCUT2D eigenvalue weighted by atomic mass is 32.2. The van der Waals surface area contributed by atoms with Crippen LogP contribution in [-0.4, -0.2) is 36.6 Å². The average Bonchev–Trinajstić information content (AvgIpc) is 2.40. The van der Waals surface area contributed by atoms with E-state index in [-0.39, 0.29) is 6.10 Å². The van der Waals surface area contributed by atoms with Crippen molar-refractivity contribution < 1.29 is 9.47 Å². The number of fused-ring (bicyclic) bond motifs is 1. The molecule has 0 spiro atoms. The highest BCUT2D eigenvalue weighted by Gasteiger charge is 2.33. The van der Waals surface area contributed by atoms with Gasteiger partial charge in [0.2, 0.25) is 0 Å². The predicted molar refractivity (Wildman–Crippen MR) is 69.1 cm³/mol. The van der Waals surface area contributed by atoms with Gasteiger partial charge in [0, 0.05) is 12.5 Å². The summed E-state index contributed by atoms with van der Waals surface area (Å²) in [6.07, 6.45) is 7.83. The van der Waals surface area contributed by atoms with E-state index in [9.17, 15) is 0 Å². The van der Waals surface area contributed by atoms with Crippen LogP contribution in [0.5, 0.6) is 0 Å². The minimum absolute atomic E-state index is 0.289. The molecule has 2 unspecified atom stereocenters. The zero-order chi connectivity index (χ0) is 11.5. The van der Waals surface area contributed by atoms with Crippen LogP contribution >= 0.6 is 11.9 Å². The fourth-order valence-electron chi connectivity index (χ4n) is 2.69. The van der Waals surface area contributed by atoms with Crippen molar-refractivity contribution in [2.45, 2.75) is 55.9 Å². The van der Waals surface area contributed by atoms with Crippen LogP contribution in [0.2, 0.25) is 0 Å². The maximum atomic E-state index is 5.93. The first kappa shape index (κ1) is 11.7. The lowest BCUT2D eigenvalue weighted by Gasteiger charge is -2.35. The third-order valence-corrected chi connectivity index (χ3v) is 4.69. The second kappa shape index (κ2) is 5.48. The van der Waals surface area contributed by atoms with E-state index in [0.29, 0.717) is 11.3 Å². The van der Waals surface area contributed by atoms with Gasteiger partial charge in [-0.25, -0.2) is 0 Å². The molecule has 1 N–H and O–H groups in total. The summed E-state index contributed by atoms with van der Waals surface area (Å²) in [7, 11) is 0. The highest BCUT2D eigenvalue weighted by Crippen LogP contribution is 2.29. The van der Waals surface area contributed by atoms with Crippen LogP contribution in [0.15, 0.2) is 4.40 Å². The van der Waals surface area contributed by atoms with Crippen molar-refractivity contribution in [3.8, 4) is 0 Å². The molecule has 5 heteroatoms. The molecule has 0 aromatic carbocycles. The number of hydrogen-bond donors (Lipinski definition) is 1. The Morgan fingerprint density at radius 3 is 2.94 bits per heavy atom. The smallest absolute Gasteiger partial charge is 0.296 e. The standard InChI is InChI=1S/C12H20N2O2S/c1-2-4-9(5-3-1)13-12-14-17-11-8-15-7-6-10(11)16-12/h9-11H,1-8H2,(H,13,14). The molecule has 0 radical (unpaired) electrons. The minimum Gasteiger partial charge on any atom is -0.460 e. The van der Waals surface area contributed by atoms with Crippen molar-refractivity contribution >= 4 is 18.0 Å². The molecule has 96 valence electrons. The van der Waals surface area contributed by atoms with Gasteiger partial charge in [-0.2, -0.15) is 4.40 Å². The summed E-state index contributed by atoms with van der Waals surface area (Å²) in [6.45, 7) is 1.59. The van der Waals surface area contributed by atoms with Gasteiger partial charge in [0.25, 0.3) is 6.02 Å². The van der Waals surface area contributed by atoms with E-state index in [2.05, 4.69) is 9.71 Å². The second-order valence-corrected chi connectivity index (χ2v) is 6.04. The number of nitrogens with one attached hydrogen (secondary N) is 1. The third-order valence-electron chi connectivity index (χ3n) is 3.71. The fraction of sp³-hybridized carbons (Fsp3) is 0.917. The quantitative estimate of drug-likeness (QED) is 0.730. The highest BCUT2D eigenvalue weighted by molar-refractivity contribution is 7.98. The Hall–Kier alpha value is -0.420.